The van der Waals surface area contributed by atoms with Crippen LogP contribution in [0.5, 0.6) is 0 Å². The molecule has 1 aliphatic rings. The first kappa shape index (κ1) is 17.4. The highest BCUT2D eigenvalue weighted by Crippen LogP contribution is 2.25. The summed E-state index contributed by atoms with van der Waals surface area (Å²) in [5.41, 5.74) is 10.3. The van der Waals surface area contributed by atoms with Gasteiger partial charge in [-0.3, -0.25) is 9.79 Å². The molecular weight excluding hydrogens is 288 g/mol. The number of fused-ring (bicyclic) bond motifs is 1. The average Bonchev–Trinajstić information content (AvgIpc) is 2.61. The predicted octanol–water partition coefficient (Wildman–Crippen LogP) is 3.35. The Balaban J connectivity index is 2.16. The highest BCUT2D eigenvalue weighted by Gasteiger charge is 2.20. The van der Waals surface area contributed by atoms with Gasteiger partial charge in [0.1, 0.15) is 0 Å². The molecule has 0 bridgehead atoms. The summed E-state index contributed by atoms with van der Waals surface area (Å²) in [5, 5.41) is 9.42. The molecule has 4 nitrogen and oxygen atoms in total. The summed E-state index contributed by atoms with van der Waals surface area (Å²) in [7, 11) is 0. The molecule has 0 spiro atoms. The van der Waals surface area contributed by atoms with Gasteiger partial charge in [-0.1, -0.05) is 29.8 Å². The summed E-state index contributed by atoms with van der Waals surface area (Å²) >= 11 is 0. The van der Waals surface area contributed by atoms with Crippen molar-refractivity contribution in [2.24, 2.45) is 16.6 Å². The number of hydrogen-bond acceptors (Lipinski definition) is 3. The number of aliphatic imine (C=N–C) groups is 1. The summed E-state index contributed by atoms with van der Waals surface area (Å²) in [5.74, 6) is -1.15. The van der Waals surface area contributed by atoms with E-state index in [2.05, 4.69) is 36.2 Å². The molecule has 0 saturated carbocycles. The number of aryl methyl sites for hydroxylation is 1. The fourth-order valence-electron chi connectivity index (χ4n) is 2.97. The van der Waals surface area contributed by atoms with Crippen LogP contribution >= 0.6 is 0 Å². The zero-order valence-corrected chi connectivity index (χ0v) is 13.8. The Morgan fingerprint density at radius 1 is 1.30 bits per heavy atom. The summed E-state index contributed by atoms with van der Waals surface area (Å²) in [6.07, 6.45) is 6.46. The van der Waals surface area contributed by atoms with Gasteiger partial charge in [-0.2, -0.15) is 0 Å². The minimum atomic E-state index is -0.753. The van der Waals surface area contributed by atoms with Crippen LogP contribution in [0.3, 0.4) is 0 Å². The number of allylic oxidation sites excluding steroid dienone is 2. The number of carboxylic acid groups (broad SMARTS) is 1. The van der Waals surface area contributed by atoms with E-state index in [0.717, 1.165) is 31.4 Å². The van der Waals surface area contributed by atoms with Crippen molar-refractivity contribution < 1.29 is 9.90 Å². The molecule has 0 aromatic heterocycles. The summed E-state index contributed by atoms with van der Waals surface area (Å²) in [6.45, 7) is 2.60. The predicted molar refractivity (Wildman–Crippen MR) is 93.7 cm³/mol. The van der Waals surface area contributed by atoms with Crippen molar-refractivity contribution >= 4 is 12.2 Å². The van der Waals surface area contributed by atoms with Crippen LogP contribution in [0.4, 0.5) is 0 Å². The Kier molecular flexibility index (Phi) is 6.53. The van der Waals surface area contributed by atoms with Crippen molar-refractivity contribution in [3.63, 3.8) is 0 Å². The van der Waals surface area contributed by atoms with E-state index in [9.17, 15) is 9.90 Å². The van der Waals surface area contributed by atoms with Crippen LogP contribution in [-0.4, -0.2) is 23.8 Å². The Hall–Kier alpha value is -1.94. The van der Waals surface area contributed by atoms with Gasteiger partial charge in [-0.25, -0.2) is 0 Å². The van der Waals surface area contributed by atoms with Gasteiger partial charge in [0.25, 0.3) is 0 Å². The fourth-order valence-corrected chi connectivity index (χ4v) is 2.97. The molecule has 1 aliphatic heterocycles. The molecule has 2 rings (SSSR count). The number of carbonyl (C=O) groups is 1. The van der Waals surface area contributed by atoms with Gasteiger partial charge in [0, 0.05) is 24.8 Å². The summed E-state index contributed by atoms with van der Waals surface area (Å²) in [4.78, 5) is 16.1. The molecule has 1 aromatic carbocycles. The molecule has 0 amide bonds. The molecule has 4 heteroatoms. The maximum Gasteiger partial charge on any atom is 0.306 e. The van der Waals surface area contributed by atoms with E-state index >= 15 is 0 Å². The zero-order valence-electron chi connectivity index (χ0n) is 13.8. The van der Waals surface area contributed by atoms with E-state index in [1.807, 2.05) is 6.21 Å². The number of aliphatic carboxylic acids is 1. The maximum atomic E-state index is 11.5. The van der Waals surface area contributed by atoms with Crippen LogP contribution in [0.2, 0.25) is 0 Å². The molecule has 0 saturated heterocycles. The van der Waals surface area contributed by atoms with Crippen molar-refractivity contribution in [1.29, 1.82) is 0 Å². The normalized spacial score (nSPS) is 19.4. The molecule has 1 aromatic rings. The molecule has 1 atom stereocenters. The van der Waals surface area contributed by atoms with Crippen LogP contribution < -0.4 is 5.73 Å². The first-order valence-electron chi connectivity index (χ1n) is 8.32. The van der Waals surface area contributed by atoms with Crippen LogP contribution in [0.1, 0.15) is 43.7 Å². The second kappa shape index (κ2) is 8.63. The number of hydrogen-bond donors (Lipinski definition) is 2. The van der Waals surface area contributed by atoms with Crippen LogP contribution in [0, 0.1) is 5.92 Å². The lowest BCUT2D eigenvalue weighted by Crippen LogP contribution is -2.16. The molecular formula is C19H26N2O2. The van der Waals surface area contributed by atoms with Crippen LogP contribution in [0.25, 0.3) is 0 Å². The third-order valence-corrected chi connectivity index (χ3v) is 4.48. The molecule has 0 unspecified atom stereocenters. The minimum absolute atomic E-state index is 0.399. The quantitative estimate of drug-likeness (QED) is 0.845. The SMILES string of the molecule is C/C1=C(/C[C@@H](CCCN)C(=O)O)N=CCc2ccccc2CC1. The van der Waals surface area contributed by atoms with Crippen molar-refractivity contribution in [3.05, 3.63) is 46.7 Å². The Bertz CT molecular complexity index is 605. The standard InChI is InChI=1S/C19H26N2O2/c1-14-8-9-15-5-2-3-6-16(15)10-12-21-18(14)13-17(19(22)23)7-4-11-20/h2-3,5-6,12,17H,4,7-11,13,20H2,1H3,(H,22,23)/b18-14+,21-12?/t17-/m1/s1. The number of nitrogens with zero attached hydrogens (tertiary/aromatic N) is 1. The first-order chi connectivity index (χ1) is 11.1. The summed E-state index contributed by atoms with van der Waals surface area (Å²) < 4.78 is 0. The Labute approximate surface area is 138 Å². The molecule has 23 heavy (non-hydrogen) atoms. The van der Waals surface area contributed by atoms with Crippen molar-refractivity contribution in [1.82, 2.24) is 0 Å². The minimum Gasteiger partial charge on any atom is -0.481 e. The number of rotatable bonds is 6. The molecule has 0 radical (unpaired) electrons. The number of nitrogens with two attached hydrogens (primary N) is 1. The van der Waals surface area contributed by atoms with Crippen molar-refractivity contribution in [2.75, 3.05) is 6.54 Å². The molecule has 0 fully saturated rings. The monoisotopic (exact) mass is 314 g/mol. The van der Waals surface area contributed by atoms with Gasteiger partial charge in [0.15, 0.2) is 0 Å². The van der Waals surface area contributed by atoms with Crippen LogP contribution in [-0.2, 0) is 17.6 Å². The number of benzene rings is 1. The van der Waals surface area contributed by atoms with E-state index in [0.29, 0.717) is 19.4 Å². The van der Waals surface area contributed by atoms with Gasteiger partial charge in [-0.05, 0) is 50.3 Å². The zero-order chi connectivity index (χ0) is 16.7. The van der Waals surface area contributed by atoms with E-state index in [1.165, 1.54) is 16.7 Å². The second-order valence-corrected chi connectivity index (χ2v) is 6.18. The molecule has 0 aliphatic carbocycles. The van der Waals surface area contributed by atoms with E-state index in [4.69, 9.17) is 5.73 Å². The van der Waals surface area contributed by atoms with Gasteiger partial charge in [0.05, 0.1) is 5.92 Å². The Morgan fingerprint density at radius 3 is 2.74 bits per heavy atom. The average molecular weight is 314 g/mol. The maximum absolute atomic E-state index is 11.5. The van der Waals surface area contributed by atoms with Crippen LogP contribution in [0.15, 0.2) is 40.5 Å². The van der Waals surface area contributed by atoms with Gasteiger partial charge < -0.3 is 10.8 Å². The fraction of sp³-hybridized carbons (Fsp3) is 0.474. The van der Waals surface area contributed by atoms with E-state index < -0.39 is 11.9 Å². The van der Waals surface area contributed by atoms with Crippen molar-refractivity contribution in [3.8, 4) is 0 Å². The lowest BCUT2D eigenvalue weighted by molar-refractivity contribution is -0.141. The largest absolute Gasteiger partial charge is 0.481 e. The lowest BCUT2D eigenvalue weighted by atomic mass is 9.94. The lowest BCUT2D eigenvalue weighted by Gasteiger charge is -2.14. The smallest absolute Gasteiger partial charge is 0.306 e. The molecule has 3 N–H and O–H groups in total. The number of carboxylic acids is 1. The molecule has 124 valence electrons. The van der Waals surface area contributed by atoms with E-state index in [-0.39, 0.29) is 0 Å². The van der Waals surface area contributed by atoms with Gasteiger partial charge in [0.2, 0.25) is 0 Å². The highest BCUT2D eigenvalue weighted by atomic mass is 16.4. The summed E-state index contributed by atoms with van der Waals surface area (Å²) in [6, 6.07) is 8.44. The topological polar surface area (TPSA) is 75.7 Å². The molecule has 1 heterocycles. The van der Waals surface area contributed by atoms with Gasteiger partial charge >= 0.3 is 5.97 Å². The third-order valence-electron chi connectivity index (χ3n) is 4.48. The highest BCUT2D eigenvalue weighted by molar-refractivity contribution is 5.71. The Morgan fingerprint density at radius 2 is 2.04 bits per heavy atom. The van der Waals surface area contributed by atoms with Gasteiger partial charge in [-0.15, -0.1) is 0 Å². The second-order valence-electron chi connectivity index (χ2n) is 6.18. The van der Waals surface area contributed by atoms with E-state index in [1.54, 1.807) is 0 Å². The van der Waals surface area contributed by atoms with Crippen molar-refractivity contribution in [2.45, 2.75) is 45.4 Å². The first-order valence-corrected chi connectivity index (χ1v) is 8.32. The third kappa shape index (κ3) is 5.03.